The lowest BCUT2D eigenvalue weighted by molar-refractivity contribution is -0.118. The number of thioether (sulfide) groups is 1. The largest absolute Gasteiger partial charge is 0.353 e. The van der Waals surface area contributed by atoms with E-state index in [1.807, 2.05) is 0 Å². The minimum atomic E-state index is 0.0924. The number of hydrogen-bond donors (Lipinski definition) is 2. The Morgan fingerprint density at radius 2 is 2.10 bits per heavy atom. The van der Waals surface area contributed by atoms with Gasteiger partial charge < -0.3 is 5.32 Å². The van der Waals surface area contributed by atoms with Gasteiger partial charge in [0.2, 0.25) is 11.1 Å². The summed E-state index contributed by atoms with van der Waals surface area (Å²) in [6.45, 7) is 0. The average Bonchev–Trinajstić information content (AvgIpc) is 2.96. The molecule has 1 aromatic rings. The fraction of sp³-hybridized carbons (Fsp3) is 0.786. The van der Waals surface area contributed by atoms with E-state index in [2.05, 4.69) is 20.5 Å². The Balaban J connectivity index is 1.38. The van der Waals surface area contributed by atoms with E-state index >= 15 is 0 Å². The minimum absolute atomic E-state index is 0.0924. The number of H-pyrrole nitrogens is 1. The van der Waals surface area contributed by atoms with Crippen molar-refractivity contribution >= 4 is 17.7 Å². The highest BCUT2D eigenvalue weighted by Gasteiger charge is 2.23. The number of hydrogen-bond acceptors (Lipinski definition) is 4. The van der Waals surface area contributed by atoms with Crippen LogP contribution >= 0.6 is 11.8 Å². The first-order valence-electron chi connectivity index (χ1n) is 7.63. The van der Waals surface area contributed by atoms with Crippen LogP contribution in [0.25, 0.3) is 0 Å². The van der Waals surface area contributed by atoms with Gasteiger partial charge in [-0.15, -0.1) is 5.10 Å². The zero-order valence-corrected chi connectivity index (χ0v) is 12.5. The highest BCUT2D eigenvalue weighted by Crippen LogP contribution is 2.28. The maximum Gasteiger partial charge on any atom is 0.230 e. The van der Waals surface area contributed by atoms with Gasteiger partial charge in [0.25, 0.3) is 0 Å². The zero-order valence-electron chi connectivity index (χ0n) is 11.7. The Hall–Kier alpha value is -1.04. The smallest absolute Gasteiger partial charge is 0.230 e. The van der Waals surface area contributed by atoms with Gasteiger partial charge >= 0.3 is 0 Å². The second kappa shape index (κ2) is 6.61. The number of aromatic amines is 1. The molecular formula is C14H22N4OS. The molecule has 0 saturated heterocycles. The molecule has 2 aliphatic carbocycles. The SMILES string of the molecule is O=C(CSc1n[nH]c(CCC2CCCC2)n1)NC1CC1. The Bertz CT molecular complexity index is 452. The zero-order chi connectivity index (χ0) is 13.8. The molecule has 0 atom stereocenters. The third-order valence-electron chi connectivity index (χ3n) is 4.05. The van der Waals surface area contributed by atoms with Crippen molar-refractivity contribution in [3.8, 4) is 0 Å². The van der Waals surface area contributed by atoms with Crippen LogP contribution in [0.2, 0.25) is 0 Å². The third-order valence-corrected chi connectivity index (χ3v) is 4.90. The lowest BCUT2D eigenvalue weighted by atomic mass is 10.0. The van der Waals surface area contributed by atoms with E-state index in [-0.39, 0.29) is 5.91 Å². The molecule has 2 N–H and O–H groups in total. The first-order valence-corrected chi connectivity index (χ1v) is 8.61. The van der Waals surface area contributed by atoms with Crippen molar-refractivity contribution in [3.63, 3.8) is 0 Å². The molecule has 0 aromatic carbocycles. The van der Waals surface area contributed by atoms with Crippen molar-refractivity contribution in [1.82, 2.24) is 20.5 Å². The molecule has 0 spiro atoms. The summed E-state index contributed by atoms with van der Waals surface area (Å²) in [4.78, 5) is 16.0. The van der Waals surface area contributed by atoms with Gasteiger partial charge in [-0.25, -0.2) is 4.98 Å². The summed E-state index contributed by atoms with van der Waals surface area (Å²) < 4.78 is 0. The summed E-state index contributed by atoms with van der Waals surface area (Å²) >= 11 is 1.41. The van der Waals surface area contributed by atoms with E-state index in [1.165, 1.54) is 43.9 Å². The summed E-state index contributed by atoms with van der Waals surface area (Å²) in [5.41, 5.74) is 0. The van der Waals surface area contributed by atoms with Crippen molar-refractivity contribution in [2.45, 2.75) is 62.6 Å². The monoisotopic (exact) mass is 294 g/mol. The van der Waals surface area contributed by atoms with Gasteiger partial charge in [0, 0.05) is 12.5 Å². The minimum Gasteiger partial charge on any atom is -0.353 e. The number of aryl methyl sites for hydroxylation is 1. The van der Waals surface area contributed by atoms with Crippen LogP contribution in [0.3, 0.4) is 0 Å². The maximum atomic E-state index is 11.6. The molecule has 110 valence electrons. The molecule has 2 saturated carbocycles. The topological polar surface area (TPSA) is 70.7 Å². The van der Waals surface area contributed by atoms with E-state index in [1.54, 1.807) is 0 Å². The molecule has 0 aliphatic heterocycles. The number of nitrogens with one attached hydrogen (secondary N) is 2. The van der Waals surface area contributed by atoms with E-state index in [0.29, 0.717) is 17.0 Å². The number of carbonyl (C=O) groups is 1. The van der Waals surface area contributed by atoms with Gasteiger partial charge in [0.15, 0.2) is 0 Å². The van der Waals surface area contributed by atoms with Crippen LogP contribution in [0.4, 0.5) is 0 Å². The molecule has 5 nitrogen and oxygen atoms in total. The summed E-state index contributed by atoms with van der Waals surface area (Å²) in [6.07, 6.45) is 9.96. The van der Waals surface area contributed by atoms with Crippen LogP contribution < -0.4 is 5.32 Å². The van der Waals surface area contributed by atoms with Gasteiger partial charge in [-0.2, -0.15) is 0 Å². The second-order valence-electron chi connectivity index (χ2n) is 5.88. The summed E-state index contributed by atoms with van der Waals surface area (Å²) in [5, 5.41) is 10.8. The van der Waals surface area contributed by atoms with Gasteiger partial charge in [-0.3, -0.25) is 9.89 Å². The second-order valence-corrected chi connectivity index (χ2v) is 6.83. The van der Waals surface area contributed by atoms with Crippen LogP contribution in [0.15, 0.2) is 5.16 Å². The van der Waals surface area contributed by atoms with E-state index in [0.717, 1.165) is 31.0 Å². The molecule has 0 unspecified atom stereocenters. The molecule has 2 fully saturated rings. The lowest BCUT2D eigenvalue weighted by Gasteiger charge is -2.05. The van der Waals surface area contributed by atoms with Crippen molar-refractivity contribution in [1.29, 1.82) is 0 Å². The Morgan fingerprint density at radius 3 is 2.85 bits per heavy atom. The number of amides is 1. The highest BCUT2D eigenvalue weighted by atomic mass is 32.2. The van der Waals surface area contributed by atoms with Crippen LogP contribution in [-0.4, -0.2) is 32.9 Å². The molecule has 0 bridgehead atoms. The van der Waals surface area contributed by atoms with Crippen LogP contribution in [0, 0.1) is 5.92 Å². The predicted molar refractivity (Wildman–Crippen MR) is 78.6 cm³/mol. The summed E-state index contributed by atoms with van der Waals surface area (Å²) in [6, 6.07) is 0.428. The fourth-order valence-corrected chi connectivity index (χ4v) is 3.35. The van der Waals surface area contributed by atoms with Gasteiger partial charge in [0.1, 0.15) is 5.82 Å². The first kappa shape index (κ1) is 13.9. The predicted octanol–water partition coefficient (Wildman–Crippen LogP) is 2.30. The molecule has 1 aromatic heterocycles. The van der Waals surface area contributed by atoms with Gasteiger partial charge in [-0.1, -0.05) is 37.4 Å². The van der Waals surface area contributed by atoms with Crippen LogP contribution in [-0.2, 0) is 11.2 Å². The van der Waals surface area contributed by atoms with E-state index in [9.17, 15) is 4.79 Å². The van der Waals surface area contributed by atoms with Crippen LogP contribution in [0.1, 0.15) is 50.8 Å². The number of nitrogens with zero attached hydrogens (tertiary/aromatic N) is 2. The molecular weight excluding hydrogens is 272 g/mol. The Morgan fingerprint density at radius 1 is 1.30 bits per heavy atom. The van der Waals surface area contributed by atoms with Gasteiger partial charge in [-0.05, 0) is 25.2 Å². The molecule has 1 heterocycles. The molecule has 0 radical (unpaired) electrons. The average molecular weight is 294 g/mol. The van der Waals surface area contributed by atoms with E-state index in [4.69, 9.17) is 0 Å². The molecule has 1 amide bonds. The normalized spacial score (nSPS) is 19.4. The Labute approximate surface area is 123 Å². The highest BCUT2D eigenvalue weighted by molar-refractivity contribution is 7.99. The van der Waals surface area contributed by atoms with Crippen molar-refractivity contribution in [3.05, 3.63) is 5.82 Å². The number of rotatable bonds is 7. The lowest BCUT2D eigenvalue weighted by Crippen LogP contribution is -2.27. The quantitative estimate of drug-likeness (QED) is 0.757. The molecule has 6 heteroatoms. The fourth-order valence-electron chi connectivity index (χ4n) is 2.72. The Kier molecular flexibility index (Phi) is 4.60. The first-order chi connectivity index (χ1) is 9.79. The van der Waals surface area contributed by atoms with Crippen molar-refractivity contribution < 1.29 is 4.79 Å². The van der Waals surface area contributed by atoms with Crippen molar-refractivity contribution in [2.75, 3.05) is 5.75 Å². The summed E-state index contributed by atoms with van der Waals surface area (Å²) in [7, 11) is 0. The molecule has 2 aliphatic rings. The number of aromatic nitrogens is 3. The van der Waals surface area contributed by atoms with E-state index < -0.39 is 0 Å². The third kappa shape index (κ3) is 4.23. The van der Waals surface area contributed by atoms with Gasteiger partial charge in [0.05, 0.1) is 5.75 Å². The maximum absolute atomic E-state index is 11.6. The molecule has 20 heavy (non-hydrogen) atoms. The van der Waals surface area contributed by atoms with Crippen LogP contribution in [0.5, 0.6) is 0 Å². The number of carbonyl (C=O) groups excluding carboxylic acids is 1. The van der Waals surface area contributed by atoms with Crippen molar-refractivity contribution in [2.24, 2.45) is 5.92 Å². The standard InChI is InChI=1S/C14H22N4OS/c19-13(15-11-6-7-11)9-20-14-16-12(17-18-14)8-5-10-3-1-2-4-10/h10-11H,1-9H2,(H,15,19)(H,16,17,18). The summed E-state index contributed by atoms with van der Waals surface area (Å²) in [5.74, 6) is 2.34. The molecule has 3 rings (SSSR count).